The lowest BCUT2D eigenvalue weighted by molar-refractivity contribution is 0.155. The molecule has 5 rings (SSSR count). The highest BCUT2D eigenvalue weighted by atomic mass is 32.2. The predicted octanol–water partition coefficient (Wildman–Crippen LogP) is 6.10. The quantitative estimate of drug-likeness (QED) is 0.382. The van der Waals surface area contributed by atoms with Crippen molar-refractivity contribution < 1.29 is 0 Å². The van der Waals surface area contributed by atoms with Crippen LogP contribution in [0.15, 0.2) is 83.8 Å². The third-order valence-electron chi connectivity index (χ3n) is 6.56. The highest BCUT2D eigenvalue weighted by molar-refractivity contribution is 7.97. The number of hydrogen-bond acceptors (Lipinski definition) is 5. The van der Waals surface area contributed by atoms with Crippen LogP contribution < -0.4 is 0 Å². The van der Waals surface area contributed by atoms with Gasteiger partial charge in [0.15, 0.2) is 0 Å². The molecule has 0 radical (unpaired) electrons. The largest absolute Gasteiger partial charge is 0.347 e. The minimum absolute atomic E-state index is 0.317. The van der Waals surface area contributed by atoms with Crippen LogP contribution >= 0.6 is 11.9 Å². The Labute approximate surface area is 207 Å². The fourth-order valence-corrected chi connectivity index (χ4v) is 5.91. The van der Waals surface area contributed by atoms with E-state index in [0.717, 1.165) is 44.6 Å². The first kappa shape index (κ1) is 23.1. The molecule has 176 valence electrons. The SMILES string of the molecule is CN(CC1=CCCC=C1)Sc1cccc(CN(Cc2cnc[nH]2)C2CCCc3cccnc32)c1. The minimum atomic E-state index is 0.317. The van der Waals surface area contributed by atoms with Crippen molar-refractivity contribution in [2.24, 2.45) is 0 Å². The van der Waals surface area contributed by atoms with Crippen molar-refractivity contribution in [3.63, 3.8) is 0 Å². The summed E-state index contributed by atoms with van der Waals surface area (Å²) in [5.74, 6) is 0. The highest BCUT2D eigenvalue weighted by Gasteiger charge is 2.27. The Kier molecular flexibility index (Phi) is 7.59. The van der Waals surface area contributed by atoms with E-state index in [4.69, 9.17) is 4.98 Å². The monoisotopic (exact) mass is 471 g/mol. The van der Waals surface area contributed by atoms with Gasteiger partial charge in [0.05, 0.1) is 18.1 Å². The van der Waals surface area contributed by atoms with E-state index < -0.39 is 0 Å². The van der Waals surface area contributed by atoms with Crippen molar-refractivity contribution >= 4 is 11.9 Å². The number of benzene rings is 1. The van der Waals surface area contributed by atoms with E-state index in [-0.39, 0.29) is 0 Å². The lowest BCUT2D eigenvalue weighted by atomic mass is 9.90. The van der Waals surface area contributed by atoms with Gasteiger partial charge in [0.2, 0.25) is 0 Å². The van der Waals surface area contributed by atoms with Crippen LogP contribution in [-0.4, -0.2) is 37.7 Å². The molecule has 0 spiro atoms. The van der Waals surface area contributed by atoms with Crippen LogP contribution in [0.2, 0.25) is 0 Å². The molecule has 2 aliphatic rings. The first-order chi connectivity index (χ1) is 16.7. The van der Waals surface area contributed by atoms with Crippen molar-refractivity contribution in [2.75, 3.05) is 13.6 Å². The van der Waals surface area contributed by atoms with Crippen LogP contribution in [-0.2, 0) is 19.5 Å². The van der Waals surface area contributed by atoms with E-state index in [9.17, 15) is 0 Å². The summed E-state index contributed by atoms with van der Waals surface area (Å²) in [4.78, 5) is 16.2. The van der Waals surface area contributed by atoms with Gasteiger partial charge < -0.3 is 4.98 Å². The molecular weight excluding hydrogens is 438 g/mol. The molecule has 1 unspecified atom stereocenters. The Balaban J connectivity index is 1.32. The van der Waals surface area contributed by atoms with E-state index >= 15 is 0 Å². The normalized spacial score (nSPS) is 17.7. The second kappa shape index (κ2) is 11.2. The zero-order valence-corrected chi connectivity index (χ0v) is 20.7. The number of nitrogens with one attached hydrogen (secondary N) is 1. The highest BCUT2D eigenvalue weighted by Crippen LogP contribution is 2.35. The molecule has 0 bridgehead atoms. The first-order valence-corrected chi connectivity index (χ1v) is 13.0. The van der Waals surface area contributed by atoms with Crippen molar-refractivity contribution in [1.82, 2.24) is 24.2 Å². The van der Waals surface area contributed by atoms with E-state index in [1.807, 2.05) is 24.3 Å². The number of pyridine rings is 1. The van der Waals surface area contributed by atoms with Gasteiger partial charge in [-0.3, -0.25) is 9.88 Å². The summed E-state index contributed by atoms with van der Waals surface area (Å²) in [6.07, 6.45) is 18.3. The first-order valence-electron chi connectivity index (χ1n) is 12.2. The minimum Gasteiger partial charge on any atom is -0.347 e. The van der Waals surface area contributed by atoms with Gasteiger partial charge in [-0.2, -0.15) is 0 Å². The van der Waals surface area contributed by atoms with Crippen LogP contribution in [0.25, 0.3) is 0 Å². The van der Waals surface area contributed by atoms with E-state index in [0.29, 0.717) is 6.04 Å². The van der Waals surface area contributed by atoms with Crippen molar-refractivity contribution in [3.8, 4) is 0 Å². The Morgan fingerprint density at radius 3 is 2.94 bits per heavy atom. The molecular formula is C28H33N5S. The van der Waals surface area contributed by atoms with Crippen molar-refractivity contribution in [3.05, 3.63) is 101 Å². The number of rotatable bonds is 9. The molecule has 0 saturated heterocycles. The zero-order valence-electron chi connectivity index (χ0n) is 19.9. The van der Waals surface area contributed by atoms with Gasteiger partial charge in [-0.15, -0.1) is 0 Å². The molecule has 2 heterocycles. The van der Waals surface area contributed by atoms with Crippen LogP contribution in [0.4, 0.5) is 0 Å². The molecule has 0 saturated carbocycles. The summed E-state index contributed by atoms with van der Waals surface area (Å²) in [6.45, 7) is 2.67. The maximum Gasteiger partial charge on any atom is 0.0922 e. The fourth-order valence-electron chi connectivity index (χ4n) is 5.00. The average molecular weight is 472 g/mol. The molecule has 0 amide bonds. The molecule has 1 N–H and O–H groups in total. The molecule has 0 aliphatic heterocycles. The van der Waals surface area contributed by atoms with Crippen molar-refractivity contribution in [1.29, 1.82) is 0 Å². The standard InChI is InChI=1S/C28H33N5S/c1-32(18-22-8-3-2-4-9-22)34-26-13-5-10-23(16-26)19-33(20-25-17-29-21-31-25)27-14-6-11-24-12-7-15-30-28(24)27/h3,5,7-10,12-13,15-17,21,27H,2,4,6,11,14,18-20H2,1H3,(H,29,31). The number of hydrogen-bond donors (Lipinski definition) is 1. The number of H-pyrrole nitrogens is 1. The number of aromatic amines is 1. The number of aromatic nitrogens is 3. The Morgan fingerprint density at radius 2 is 2.09 bits per heavy atom. The molecule has 0 fully saturated rings. The lowest BCUT2D eigenvalue weighted by Crippen LogP contribution is -2.31. The zero-order chi connectivity index (χ0) is 23.2. The third-order valence-corrected chi connectivity index (χ3v) is 7.46. The Morgan fingerprint density at radius 1 is 1.12 bits per heavy atom. The van der Waals surface area contributed by atoms with E-state index in [1.165, 1.54) is 40.1 Å². The average Bonchev–Trinajstić information content (AvgIpc) is 3.37. The molecule has 3 aromatic rings. The Bertz CT molecular complexity index is 1140. The number of imidazole rings is 1. The summed E-state index contributed by atoms with van der Waals surface area (Å²) >= 11 is 1.82. The summed E-state index contributed by atoms with van der Waals surface area (Å²) < 4.78 is 2.32. The van der Waals surface area contributed by atoms with Gasteiger partial charge in [-0.25, -0.2) is 9.29 Å². The van der Waals surface area contributed by atoms with Crippen molar-refractivity contribution in [2.45, 2.75) is 56.1 Å². The van der Waals surface area contributed by atoms with Crippen LogP contribution in [0.1, 0.15) is 54.2 Å². The van der Waals surface area contributed by atoms with E-state index in [2.05, 4.69) is 80.8 Å². The summed E-state index contributed by atoms with van der Waals surface area (Å²) in [5.41, 5.74) is 6.52. The maximum atomic E-state index is 4.82. The van der Waals surface area contributed by atoms with Crippen LogP contribution in [0.5, 0.6) is 0 Å². The fraction of sp³-hybridized carbons (Fsp3) is 0.357. The number of fused-ring (bicyclic) bond motifs is 1. The van der Waals surface area contributed by atoms with Gasteiger partial charge in [0.1, 0.15) is 0 Å². The number of nitrogens with zero attached hydrogens (tertiary/aromatic N) is 4. The van der Waals surface area contributed by atoms with Gasteiger partial charge in [-0.05, 0) is 86.0 Å². The van der Waals surface area contributed by atoms with E-state index in [1.54, 1.807) is 6.33 Å². The topological polar surface area (TPSA) is 48.0 Å². The van der Waals surface area contributed by atoms with Crippen LogP contribution in [0.3, 0.4) is 0 Å². The Hall–Kier alpha value is -2.67. The molecule has 2 aliphatic carbocycles. The number of aryl methyl sites for hydroxylation is 1. The van der Waals surface area contributed by atoms with Crippen LogP contribution in [0, 0.1) is 0 Å². The van der Waals surface area contributed by atoms with Gasteiger partial charge in [-0.1, -0.05) is 36.4 Å². The van der Waals surface area contributed by atoms with Gasteiger partial charge in [0, 0.05) is 42.6 Å². The molecule has 6 heteroatoms. The number of likely N-dealkylation sites (N-methyl/N-ethyl adjacent to an activating group) is 1. The summed E-state index contributed by atoms with van der Waals surface area (Å²) in [5, 5.41) is 0. The molecule has 34 heavy (non-hydrogen) atoms. The molecule has 2 aromatic heterocycles. The molecule has 1 aromatic carbocycles. The van der Waals surface area contributed by atoms with Gasteiger partial charge in [0.25, 0.3) is 0 Å². The number of allylic oxidation sites excluding steroid dienone is 2. The second-order valence-corrected chi connectivity index (χ2v) is 10.5. The second-order valence-electron chi connectivity index (χ2n) is 9.22. The summed E-state index contributed by atoms with van der Waals surface area (Å²) in [6, 6.07) is 13.6. The van der Waals surface area contributed by atoms with Gasteiger partial charge >= 0.3 is 0 Å². The lowest BCUT2D eigenvalue weighted by Gasteiger charge is -2.35. The smallest absolute Gasteiger partial charge is 0.0922 e. The summed E-state index contributed by atoms with van der Waals surface area (Å²) in [7, 11) is 2.18. The predicted molar refractivity (Wildman–Crippen MR) is 139 cm³/mol. The third kappa shape index (κ3) is 5.87. The molecule has 1 atom stereocenters. The molecule has 5 nitrogen and oxygen atoms in total. The maximum absolute atomic E-state index is 4.82.